The normalized spacial score (nSPS) is 16.0. The van der Waals surface area contributed by atoms with E-state index in [1.54, 1.807) is 12.1 Å². The summed E-state index contributed by atoms with van der Waals surface area (Å²) < 4.78 is 65.2. The summed E-state index contributed by atoms with van der Waals surface area (Å²) in [6, 6.07) is 7.62. The first-order chi connectivity index (χ1) is 11.8. The van der Waals surface area contributed by atoms with Crippen LogP contribution in [0, 0.1) is 0 Å². The fourth-order valence-corrected chi connectivity index (χ4v) is 5.03. The average molecular weight is 390 g/mol. The van der Waals surface area contributed by atoms with Gasteiger partial charge in [0.05, 0.1) is 16.9 Å². The molecule has 0 spiro atoms. The van der Waals surface area contributed by atoms with Gasteiger partial charge in [-0.05, 0) is 37.5 Å². The summed E-state index contributed by atoms with van der Waals surface area (Å²) in [6.45, 7) is 1.66. The molecule has 3 rings (SSSR count). The number of rotatable bonds is 4. The molecule has 0 saturated carbocycles. The Morgan fingerprint density at radius 2 is 1.76 bits per heavy atom. The first-order valence-corrected chi connectivity index (χ1v) is 10.2. The summed E-state index contributed by atoms with van der Waals surface area (Å²) in [6.07, 6.45) is -1.36. The van der Waals surface area contributed by atoms with Crippen LogP contribution in [0.4, 0.5) is 24.5 Å². The van der Waals surface area contributed by atoms with Crippen molar-refractivity contribution in [2.75, 3.05) is 22.7 Å². The molecular weight excluding hydrogens is 373 g/mol. The molecule has 1 N–H and O–H groups in total. The zero-order chi connectivity index (χ0) is 18.1. The minimum atomic E-state index is -4.56. The number of hydrogen-bond donors (Lipinski definition) is 1. The highest BCUT2D eigenvalue weighted by Gasteiger charge is 2.33. The predicted molar refractivity (Wildman–Crippen MR) is 92.6 cm³/mol. The molecule has 2 aromatic rings. The zero-order valence-corrected chi connectivity index (χ0v) is 14.8. The Kier molecular flexibility index (Phi) is 4.97. The van der Waals surface area contributed by atoms with Crippen LogP contribution in [0.1, 0.15) is 24.8 Å². The first kappa shape index (κ1) is 18.1. The molecule has 0 bridgehead atoms. The summed E-state index contributed by atoms with van der Waals surface area (Å²) in [4.78, 5) is 2.09. The molecule has 0 amide bonds. The molecule has 0 aliphatic carbocycles. The third-order valence-corrected chi connectivity index (χ3v) is 6.82. The number of nitrogens with zero attached hydrogens (tertiary/aromatic N) is 1. The third-order valence-electron chi connectivity index (χ3n) is 4.01. The maximum atomic E-state index is 12.7. The van der Waals surface area contributed by atoms with Gasteiger partial charge >= 0.3 is 6.18 Å². The molecule has 0 radical (unpaired) electrons. The number of anilines is 2. The van der Waals surface area contributed by atoms with Crippen molar-refractivity contribution in [2.45, 2.75) is 29.6 Å². The highest BCUT2D eigenvalue weighted by atomic mass is 32.2. The lowest BCUT2D eigenvalue weighted by Gasteiger charge is -2.30. The van der Waals surface area contributed by atoms with Crippen molar-refractivity contribution in [1.29, 1.82) is 0 Å². The van der Waals surface area contributed by atoms with Crippen LogP contribution in [0.5, 0.6) is 0 Å². The third kappa shape index (κ3) is 4.09. The molecule has 1 fully saturated rings. The van der Waals surface area contributed by atoms with Crippen molar-refractivity contribution >= 4 is 32.7 Å². The van der Waals surface area contributed by atoms with E-state index in [1.807, 2.05) is 12.1 Å². The van der Waals surface area contributed by atoms with Gasteiger partial charge in [0.25, 0.3) is 10.0 Å². The molecule has 0 unspecified atom stereocenters. The van der Waals surface area contributed by atoms with E-state index < -0.39 is 21.8 Å². The van der Waals surface area contributed by atoms with Crippen molar-refractivity contribution in [2.24, 2.45) is 0 Å². The zero-order valence-electron chi connectivity index (χ0n) is 13.2. The maximum absolute atomic E-state index is 12.7. The van der Waals surface area contributed by atoms with Crippen molar-refractivity contribution in [1.82, 2.24) is 0 Å². The largest absolute Gasteiger partial charge is 0.417 e. The minimum Gasteiger partial charge on any atom is -0.370 e. The van der Waals surface area contributed by atoms with E-state index in [0.717, 1.165) is 43.4 Å². The van der Waals surface area contributed by atoms with Gasteiger partial charge in [-0.1, -0.05) is 12.1 Å². The van der Waals surface area contributed by atoms with Gasteiger partial charge in [0.1, 0.15) is 4.21 Å². The Morgan fingerprint density at radius 1 is 1.08 bits per heavy atom. The number of para-hydroxylation sites is 2. The second-order valence-corrected chi connectivity index (χ2v) is 8.64. The van der Waals surface area contributed by atoms with Crippen molar-refractivity contribution in [3.05, 3.63) is 41.3 Å². The lowest BCUT2D eigenvalue weighted by atomic mass is 10.1. The number of sulfonamides is 1. The lowest BCUT2D eigenvalue weighted by Crippen LogP contribution is -2.30. The van der Waals surface area contributed by atoms with Crippen LogP contribution in [0.15, 0.2) is 39.9 Å². The van der Waals surface area contributed by atoms with E-state index in [0.29, 0.717) is 23.1 Å². The second-order valence-electron chi connectivity index (χ2n) is 5.82. The maximum Gasteiger partial charge on any atom is 0.417 e. The van der Waals surface area contributed by atoms with Crippen LogP contribution < -0.4 is 9.62 Å². The molecule has 25 heavy (non-hydrogen) atoms. The molecule has 9 heteroatoms. The molecule has 1 saturated heterocycles. The Hall–Kier alpha value is -1.74. The molecule has 136 valence electrons. The van der Waals surface area contributed by atoms with Crippen LogP contribution in [0.25, 0.3) is 0 Å². The van der Waals surface area contributed by atoms with E-state index in [9.17, 15) is 21.6 Å². The van der Waals surface area contributed by atoms with E-state index in [-0.39, 0.29) is 4.21 Å². The molecule has 2 heterocycles. The van der Waals surface area contributed by atoms with Gasteiger partial charge < -0.3 is 4.90 Å². The monoisotopic (exact) mass is 390 g/mol. The summed E-state index contributed by atoms with van der Waals surface area (Å²) in [5, 5.41) is 0.811. The topological polar surface area (TPSA) is 49.4 Å². The number of hydrogen-bond acceptors (Lipinski definition) is 4. The van der Waals surface area contributed by atoms with E-state index in [4.69, 9.17) is 0 Å². The molecule has 1 aromatic heterocycles. The van der Waals surface area contributed by atoms with E-state index in [2.05, 4.69) is 9.62 Å². The summed E-state index contributed by atoms with van der Waals surface area (Å²) in [5.74, 6) is 0. The summed E-state index contributed by atoms with van der Waals surface area (Å²) in [7, 11) is -4.07. The van der Waals surface area contributed by atoms with Crippen LogP contribution in [0.2, 0.25) is 0 Å². The van der Waals surface area contributed by atoms with Crippen molar-refractivity contribution < 1.29 is 21.6 Å². The SMILES string of the molecule is O=S(=O)(Nc1ccccc1N1CCCCC1)c1cc(C(F)(F)F)cs1. The van der Waals surface area contributed by atoms with Gasteiger partial charge in [-0.25, -0.2) is 8.42 Å². The number of benzene rings is 1. The van der Waals surface area contributed by atoms with Gasteiger partial charge in [-0.15, -0.1) is 11.3 Å². The van der Waals surface area contributed by atoms with Gasteiger partial charge in [0.15, 0.2) is 0 Å². The number of nitrogens with one attached hydrogen (secondary N) is 1. The van der Waals surface area contributed by atoms with Crippen molar-refractivity contribution in [3.63, 3.8) is 0 Å². The van der Waals surface area contributed by atoms with Crippen LogP contribution in [-0.4, -0.2) is 21.5 Å². The molecule has 4 nitrogen and oxygen atoms in total. The average Bonchev–Trinajstić information content (AvgIpc) is 3.07. The standard InChI is InChI=1S/C16H17F3N2O2S2/c17-16(18,19)12-10-15(24-11-12)25(22,23)20-13-6-2-3-7-14(13)21-8-4-1-5-9-21/h2-3,6-7,10-11,20H,1,4-5,8-9H2. The van der Waals surface area contributed by atoms with Crippen LogP contribution in [-0.2, 0) is 16.2 Å². The minimum absolute atomic E-state index is 0.353. The van der Waals surface area contributed by atoms with Crippen LogP contribution >= 0.6 is 11.3 Å². The van der Waals surface area contributed by atoms with E-state index in [1.165, 1.54) is 0 Å². The smallest absolute Gasteiger partial charge is 0.370 e. The Morgan fingerprint density at radius 3 is 2.40 bits per heavy atom. The molecular formula is C16H17F3N2O2S2. The van der Waals surface area contributed by atoms with E-state index >= 15 is 0 Å². The predicted octanol–water partition coefficient (Wildman–Crippen LogP) is 4.56. The number of alkyl halides is 3. The fourth-order valence-electron chi connectivity index (χ4n) is 2.77. The van der Waals surface area contributed by atoms with Gasteiger partial charge in [0, 0.05) is 18.5 Å². The van der Waals surface area contributed by atoms with Gasteiger partial charge in [0.2, 0.25) is 0 Å². The summed E-state index contributed by atoms with van der Waals surface area (Å²) in [5.41, 5.74) is 0.173. The first-order valence-electron chi connectivity index (χ1n) is 7.80. The number of thiophene rings is 1. The molecule has 1 aromatic carbocycles. The Balaban J connectivity index is 1.87. The fraction of sp³-hybridized carbons (Fsp3) is 0.375. The summed E-state index contributed by atoms with van der Waals surface area (Å²) >= 11 is 0.560. The highest BCUT2D eigenvalue weighted by molar-refractivity contribution is 7.94. The van der Waals surface area contributed by atoms with Gasteiger partial charge in [-0.3, -0.25) is 4.72 Å². The second kappa shape index (κ2) is 6.87. The molecule has 1 aliphatic heterocycles. The van der Waals surface area contributed by atoms with Crippen LogP contribution in [0.3, 0.4) is 0 Å². The molecule has 1 aliphatic rings. The van der Waals surface area contributed by atoms with Crippen molar-refractivity contribution in [3.8, 4) is 0 Å². The number of piperidine rings is 1. The quantitative estimate of drug-likeness (QED) is 0.833. The Bertz CT molecular complexity index is 841. The van der Waals surface area contributed by atoms with Gasteiger partial charge in [-0.2, -0.15) is 13.2 Å². The molecule has 0 atom stereocenters. The highest BCUT2D eigenvalue weighted by Crippen LogP contribution is 2.36. The Labute approximate surface area is 148 Å². The number of halogens is 3. The lowest BCUT2D eigenvalue weighted by molar-refractivity contribution is -0.137.